The van der Waals surface area contributed by atoms with Crippen molar-refractivity contribution in [3.05, 3.63) is 283 Å². The monoisotopic (exact) mass is 2020 g/mol. The highest BCUT2D eigenvalue weighted by atomic mass is 32.1. The van der Waals surface area contributed by atoms with Crippen LogP contribution in [0, 0.1) is 36.5 Å². The molecule has 5 aromatic heterocycles. The molecule has 4 aliphatic rings. The summed E-state index contributed by atoms with van der Waals surface area (Å²) in [7, 11) is 0. The van der Waals surface area contributed by atoms with E-state index >= 15 is 0 Å². The van der Waals surface area contributed by atoms with Crippen LogP contribution >= 0.6 is 45.3 Å². The molecule has 17 rings (SSSR count). The van der Waals surface area contributed by atoms with Crippen LogP contribution in [0.1, 0.15) is 214 Å². The highest BCUT2D eigenvalue weighted by molar-refractivity contribution is 7.10. The van der Waals surface area contributed by atoms with E-state index in [1.165, 1.54) is 33.2 Å². The van der Waals surface area contributed by atoms with Crippen molar-refractivity contribution >= 4 is 109 Å². The first-order chi connectivity index (χ1) is 69.3. The van der Waals surface area contributed by atoms with Gasteiger partial charge in [-0.2, -0.15) is 0 Å². The Morgan fingerprint density at radius 1 is 0.382 bits per heavy atom. The van der Waals surface area contributed by atoms with Crippen LogP contribution < -0.4 is 43.2 Å². The Hall–Kier alpha value is -13.1. The van der Waals surface area contributed by atoms with E-state index in [9.17, 15) is 43.2 Å². The summed E-state index contributed by atoms with van der Waals surface area (Å²) in [6.45, 7) is 26.5. The minimum absolute atomic E-state index is 0.00859. The molecule has 0 saturated carbocycles. The van der Waals surface area contributed by atoms with Gasteiger partial charge < -0.3 is 67.3 Å². The lowest BCUT2D eigenvalue weighted by Gasteiger charge is -2.31. The van der Waals surface area contributed by atoms with Crippen molar-refractivity contribution in [2.75, 3.05) is 26.2 Å². The Balaban J connectivity index is 0.000000153. The van der Waals surface area contributed by atoms with Crippen molar-refractivity contribution in [1.82, 2.24) is 66.0 Å². The fourth-order valence-electron chi connectivity index (χ4n) is 18.7. The van der Waals surface area contributed by atoms with Crippen LogP contribution in [-0.4, -0.2) is 166 Å². The Kier molecular flexibility index (Phi) is 37.0. The summed E-state index contributed by atoms with van der Waals surface area (Å²) in [4.78, 5) is 144. The molecule has 4 aliphatic heterocycles. The fraction of sp³-hybridized carbons (Fsp3) is 0.381. The lowest BCUT2D eigenvalue weighted by Crippen LogP contribution is -2.54. The number of ether oxygens (including phenoxy) is 1. The number of carbonyl (C=O) groups excluding carboxylic acids is 9. The molecule has 0 bridgehead atoms. The molecule has 0 unspecified atom stereocenters. The van der Waals surface area contributed by atoms with Crippen LogP contribution in [-0.2, 0) is 43.2 Å². The number of nitrogens with zero attached hydrogens (tertiary/aromatic N) is 9. The molecule has 31 heteroatoms. The minimum Gasteiger partial charge on any atom is -0.427 e. The third kappa shape index (κ3) is 26.1. The number of aryl methyl sites for hydroxylation is 1. The largest absolute Gasteiger partial charge is 0.427 e. The Morgan fingerprint density at radius 3 is 1.15 bits per heavy atom. The third-order valence-corrected chi connectivity index (χ3v) is 30.3. The van der Waals surface area contributed by atoms with E-state index in [2.05, 4.69) is 121 Å². The van der Waals surface area contributed by atoms with E-state index in [4.69, 9.17) is 46.4 Å². The number of esters is 1. The molecule has 0 radical (unpaired) electrons. The second-order valence-corrected chi connectivity index (χ2v) is 42.3. The number of thiazole rings is 4. The maximum atomic E-state index is 14.0. The molecule has 27 nitrogen and oxygen atoms in total. The molecule has 754 valence electrons. The zero-order valence-corrected chi connectivity index (χ0v) is 87.2. The molecule has 9 heterocycles. The first-order valence-electron chi connectivity index (χ1n) is 49.8. The zero-order chi connectivity index (χ0) is 103. The van der Waals surface area contributed by atoms with Gasteiger partial charge in [-0.05, 0) is 148 Å². The fourth-order valence-corrected chi connectivity index (χ4v) is 22.5. The Morgan fingerprint density at radius 2 is 0.722 bits per heavy atom. The van der Waals surface area contributed by atoms with Crippen LogP contribution in [0.4, 0.5) is 0 Å². The first-order valence-corrected chi connectivity index (χ1v) is 53.4. The van der Waals surface area contributed by atoms with E-state index in [1.54, 1.807) is 86.0 Å². The highest BCUT2D eigenvalue weighted by Gasteiger charge is 2.44. The number of benzene rings is 8. The third-order valence-electron chi connectivity index (χ3n) is 26.5. The summed E-state index contributed by atoms with van der Waals surface area (Å²) in [5, 5.41) is 30.0. The van der Waals surface area contributed by atoms with Gasteiger partial charge in [0, 0.05) is 70.3 Å². The van der Waals surface area contributed by atoms with Gasteiger partial charge in [-0.3, -0.25) is 43.2 Å². The van der Waals surface area contributed by atoms with Gasteiger partial charge in [0.2, 0.25) is 47.3 Å². The van der Waals surface area contributed by atoms with Crippen molar-refractivity contribution in [1.29, 1.82) is 0 Å². The number of likely N-dealkylation sites (tertiary alicyclic amines) is 4. The summed E-state index contributed by atoms with van der Waals surface area (Å²) >= 11 is 6.32. The zero-order valence-electron chi connectivity index (χ0n) is 84.0. The van der Waals surface area contributed by atoms with Crippen molar-refractivity contribution < 1.29 is 52.4 Å². The van der Waals surface area contributed by atoms with Gasteiger partial charge in [0.1, 0.15) is 61.4 Å². The molecule has 4 saturated heterocycles. The van der Waals surface area contributed by atoms with E-state index in [0.29, 0.717) is 37.7 Å². The number of hydrogen-bond acceptors (Lipinski definition) is 23. The van der Waals surface area contributed by atoms with Crippen LogP contribution in [0.5, 0.6) is 5.75 Å². The molecule has 0 aliphatic carbocycles. The molecule has 10 N–H and O–H groups in total. The lowest BCUT2D eigenvalue weighted by atomic mass is 9.89. The first kappa shape index (κ1) is 107. The van der Waals surface area contributed by atoms with Crippen LogP contribution in [0.25, 0.3) is 66.9 Å². The molecule has 13 aromatic rings. The summed E-state index contributed by atoms with van der Waals surface area (Å²) in [5.74, 6) is -1.89. The van der Waals surface area contributed by atoms with Gasteiger partial charge in [0.05, 0.1) is 83.0 Å². The number of aromatic nitrogens is 5. The van der Waals surface area contributed by atoms with Gasteiger partial charge >= 0.3 is 5.97 Å². The van der Waals surface area contributed by atoms with Crippen LogP contribution in [0.3, 0.4) is 0 Å². The van der Waals surface area contributed by atoms with Crippen LogP contribution in [0.15, 0.2) is 244 Å². The maximum Gasteiger partial charge on any atom is 0.311 e. The number of para-hydroxylation sites is 1. The van der Waals surface area contributed by atoms with Gasteiger partial charge in [-0.15, -0.1) is 45.3 Å². The van der Waals surface area contributed by atoms with Crippen molar-refractivity contribution in [2.45, 2.75) is 220 Å². The van der Waals surface area contributed by atoms with E-state index < -0.39 is 54.2 Å². The predicted octanol–water partition coefficient (Wildman–Crippen LogP) is 19.4. The quantitative estimate of drug-likeness (QED) is 0.0157. The molecule has 12 atom stereocenters. The number of nitrogens with one attached hydrogen (secondary N) is 4. The molecule has 4 fully saturated rings. The maximum absolute atomic E-state index is 14.0. The second kappa shape index (κ2) is 49.9. The summed E-state index contributed by atoms with van der Waals surface area (Å²) in [5.41, 5.74) is 30.2. The van der Waals surface area contributed by atoms with Crippen LogP contribution in [0.2, 0.25) is 0 Å². The average Bonchev–Trinajstić information content (AvgIpc) is 1.52. The van der Waals surface area contributed by atoms with Crippen molar-refractivity contribution in [3.63, 3.8) is 0 Å². The number of carbonyl (C=O) groups is 9. The highest BCUT2D eigenvalue weighted by Crippen LogP contribution is 2.45. The number of nitrogens with two attached hydrogens (primary N) is 3. The smallest absolute Gasteiger partial charge is 0.311 e. The molecule has 0 spiro atoms. The van der Waals surface area contributed by atoms with E-state index in [1.807, 2.05) is 203 Å². The number of fused-ring (bicyclic) bond motifs is 1. The van der Waals surface area contributed by atoms with Crippen molar-refractivity contribution in [2.24, 2.45) is 46.8 Å². The van der Waals surface area contributed by atoms with Gasteiger partial charge in [-0.25, -0.2) is 19.9 Å². The van der Waals surface area contributed by atoms with E-state index in [-0.39, 0.29) is 107 Å². The van der Waals surface area contributed by atoms with E-state index in [0.717, 1.165) is 133 Å². The van der Waals surface area contributed by atoms with Crippen molar-refractivity contribution in [3.8, 4) is 61.9 Å². The standard InChI is InChI=1S/C36H39N3O4S.C27H32N4O2S.C25H31N5O3S.C25H30N4O2S/c1-24(2)33(38-34(41)25(3)22-31(40)43-28-18-11-6-12-19-28)36(42)39-21-13-20-30(39)35-37-29(23-44-35)32(26-14-7-4-8-15-26)27-16-9-5-10-17-27;1-17(2)24(30-25(32)18(3)28)27(33)31-15-9-14-23(31)26-29-22(16-34-26)21-13-8-7-12-20(21)19-10-5-4-6-11-19;1-14(2)21(28-23(31)15(3)26)25(32)30-12-8-11-19(30)24-27-18(13-34-24)20-16(4)33-29-22(20)17-9-6-5-7-10-17;1-15(2)22(28-23(30)16(3)26)25(31)29-13-7-12-21(29)24-27-20(14-32-24)19-11-6-9-17-8-4-5-10-18(17)19/h4-12,14-19,23-25,30,32-33H,13,20-22H2,1-3H3,(H,38,41);4-8,10-13,16-18,23-24H,9,14-15,28H2,1-3H3,(H,30,32);5-7,9-10,13-15,19,21H,8,11-12,26H2,1-4H3,(H,28,31);4-6,8-11,14-16,21-22H,7,12-13,26H2,1-3H3,(H,28,30)/t25-,30+,33+;18-,23-,24-;15-,19-,21-;16-,21-,22-/m1000/s1. The van der Waals surface area contributed by atoms with Gasteiger partial charge in [0.15, 0.2) is 0 Å². The Labute approximate surface area is 859 Å². The molecule has 8 amide bonds. The molecular formula is C113H132N16O11S4. The summed E-state index contributed by atoms with van der Waals surface area (Å²) in [6, 6.07) is 67.6. The SMILES string of the molecule is CC(C)[C@H](NC(=O)[C@H](C)CC(=O)Oc1ccccc1)C(=O)N1CCC[C@H]1c1nc(C(c2ccccc2)c2ccccc2)cs1.CC(C)[C@H](NC(=O)[C@H](C)N)C(=O)N1CCC[C@H]1c1nc(-c2cccc3ccccc23)cs1.CC(C)[C@H](NC(=O)[C@H](C)N)C(=O)N1CCC[C@H]1c1nc(-c2ccccc2-c2ccccc2)cs1.Cc1onc(-c2ccccc2)c1-c1csc([C@@H]2CCCN2C(=O)[C@@H](NC(=O)[C@H](C)N)C(C)C)n1. The number of rotatable bonds is 31. The number of amides is 8. The molecular weight excluding hydrogens is 1890 g/mol. The second-order valence-electron chi connectivity index (χ2n) is 38.8. The summed E-state index contributed by atoms with van der Waals surface area (Å²) in [6.07, 6.45) is 6.90. The lowest BCUT2D eigenvalue weighted by molar-refractivity contribution is -0.141. The van der Waals surface area contributed by atoms with Gasteiger partial charge in [-0.1, -0.05) is 274 Å². The average molecular weight is 2020 g/mol. The summed E-state index contributed by atoms with van der Waals surface area (Å²) < 4.78 is 10.9. The normalized spacial score (nSPS) is 17.3. The topological polar surface area (TPSA) is 380 Å². The Bertz CT molecular complexity index is 6460. The predicted molar refractivity (Wildman–Crippen MR) is 570 cm³/mol. The molecule has 144 heavy (non-hydrogen) atoms. The van der Waals surface area contributed by atoms with Gasteiger partial charge in [0.25, 0.3) is 0 Å². The number of hydrogen-bond donors (Lipinski definition) is 7. The molecule has 8 aromatic carbocycles. The minimum atomic E-state index is -0.712.